The van der Waals surface area contributed by atoms with Gasteiger partial charge < -0.3 is 26.8 Å². The fourth-order valence-electron chi connectivity index (χ4n) is 2.77. The predicted octanol–water partition coefficient (Wildman–Crippen LogP) is 0.628. The number of nitrogens with two attached hydrogens (primary N) is 1. The van der Waals surface area contributed by atoms with Gasteiger partial charge in [-0.05, 0) is 36.7 Å². The number of nitrogens with one attached hydrogen (secondary N) is 3. The molecule has 0 spiro atoms. The van der Waals surface area contributed by atoms with Gasteiger partial charge in [-0.2, -0.15) is 24.4 Å². The summed E-state index contributed by atoms with van der Waals surface area (Å²) in [7, 11) is 0. The van der Waals surface area contributed by atoms with Gasteiger partial charge in [-0.3, -0.25) is 14.4 Å². The van der Waals surface area contributed by atoms with Crippen LogP contribution in [0.2, 0.25) is 0 Å². The maximum atomic E-state index is 13.0. The van der Waals surface area contributed by atoms with E-state index in [1.807, 2.05) is 34.0 Å². The van der Waals surface area contributed by atoms with Gasteiger partial charge in [-0.15, -0.1) is 0 Å². The Morgan fingerprint density at radius 2 is 1.58 bits per heavy atom. The van der Waals surface area contributed by atoms with Gasteiger partial charge in [-0.25, -0.2) is 4.79 Å². The van der Waals surface area contributed by atoms with Crippen LogP contribution in [0, 0.1) is 11.8 Å². The van der Waals surface area contributed by atoms with E-state index in [1.54, 1.807) is 0 Å². The van der Waals surface area contributed by atoms with E-state index in [2.05, 4.69) is 28.6 Å². The van der Waals surface area contributed by atoms with E-state index >= 15 is 0 Å². The minimum atomic E-state index is -1.12. The minimum absolute atomic E-state index is 0.0692. The second kappa shape index (κ2) is 15.4. The number of hydrogen-bond donors (Lipinski definition) is 6. The van der Waals surface area contributed by atoms with Crippen LogP contribution in [0.1, 0.15) is 47.0 Å². The first-order valence-corrected chi connectivity index (χ1v) is 12.5. The van der Waals surface area contributed by atoms with Crippen molar-refractivity contribution in [3.05, 3.63) is 0 Å². The second-order valence-electron chi connectivity index (χ2n) is 8.03. The van der Waals surface area contributed by atoms with Crippen molar-refractivity contribution in [2.24, 2.45) is 17.6 Å². The van der Waals surface area contributed by atoms with Crippen molar-refractivity contribution in [2.45, 2.75) is 71.1 Å². The van der Waals surface area contributed by atoms with Crippen LogP contribution >= 0.6 is 24.4 Å². The maximum absolute atomic E-state index is 13.0. The number of rotatable bonds is 15. The average molecular weight is 479 g/mol. The van der Waals surface area contributed by atoms with Crippen LogP contribution in [0.4, 0.5) is 0 Å². The first-order valence-electron chi connectivity index (χ1n) is 10.5. The molecule has 0 aromatic carbocycles. The predicted molar refractivity (Wildman–Crippen MR) is 127 cm³/mol. The number of carbonyl (C=O) groups is 4. The van der Waals surface area contributed by atoms with Crippen molar-refractivity contribution >= 4 is 48.1 Å². The number of carboxylic acids is 1. The van der Waals surface area contributed by atoms with Crippen molar-refractivity contribution in [1.82, 2.24) is 16.0 Å². The summed E-state index contributed by atoms with van der Waals surface area (Å²) in [6, 6.07) is -3.70. The molecule has 0 saturated carbocycles. The molecule has 0 aliphatic carbocycles. The van der Waals surface area contributed by atoms with Gasteiger partial charge in [-0.1, -0.05) is 34.1 Å². The van der Waals surface area contributed by atoms with Crippen LogP contribution in [-0.4, -0.2) is 70.7 Å². The number of hydrogen-bond acceptors (Lipinski definition) is 7. The summed E-state index contributed by atoms with van der Waals surface area (Å²) in [4.78, 5) is 49.5. The van der Waals surface area contributed by atoms with Gasteiger partial charge in [0.05, 0.1) is 6.04 Å². The van der Waals surface area contributed by atoms with Crippen molar-refractivity contribution in [3.8, 4) is 0 Å². The first kappa shape index (κ1) is 29.5. The molecule has 6 N–H and O–H groups in total. The Kier molecular flexibility index (Phi) is 14.6. The molecule has 0 aromatic heterocycles. The smallest absolute Gasteiger partial charge is 0.326 e. The fraction of sp³-hybridized carbons (Fsp3) is 0.800. The summed E-state index contributed by atoms with van der Waals surface area (Å²) in [5.74, 6) is -2.11. The molecule has 0 fully saturated rings. The Balaban J connectivity index is 5.47. The third-order valence-corrected chi connectivity index (χ3v) is 5.93. The third-order valence-electron chi connectivity index (χ3n) is 4.89. The zero-order valence-electron chi connectivity index (χ0n) is 19.0. The number of thioether (sulfide) groups is 1. The van der Waals surface area contributed by atoms with Crippen molar-refractivity contribution in [3.63, 3.8) is 0 Å². The van der Waals surface area contributed by atoms with Crippen LogP contribution in [0.5, 0.6) is 0 Å². The largest absolute Gasteiger partial charge is 0.480 e. The first-order chi connectivity index (χ1) is 14.5. The molecule has 0 bridgehead atoms. The standard InChI is InChI=1S/C20H38N4O5S2/c1-6-12(4)16(24-17(25)13(21)10-30)19(27)23-15(9-11(2)3)18(26)22-14(20(28)29)7-8-31-5/h11-16,30H,6-10,21H2,1-5H3,(H,22,26)(H,23,27)(H,24,25)(H,28,29). The summed E-state index contributed by atoms with van der Waals surface area (Å²) in [6.07, 6.45) is 3.07. The number of amides is 3. The molecule has 31 heavy (non-hydrogen) atoms. The third kappa shape index (κ3) is 11.1. The summed E-state index contributed by atoms with van der Waals surface area (Å²) < 4.78 is 0. The lowest BCUT2D eigenvalue weighted by molar-refractivity contribution is -0.142. The van der Waals surface area contributed by atoms with E-state index in [4.69, 9.17) is 5.73 Å². The summed E-state index contributed by atoms with van der Waals surface area (Å²) >= 11 is 5.49. The Bertz CT molecular complexity index is 606. The number of carbonyl (C=O) groups excluding carboxylic acids is 3. The second-order valence-corrected chi connectivity index (χ2v) is 9.38. The molecule has 5 atom stereocenters. The molecule has 3 amide bonds. The van der Waals surface area contributed by atoms with E-state index in [0.717, 1.165) is 0 Å². The topological polar surface area (TPSA) is 151 Å². The van der Waals surface area contributed by atoms with Gasteiger partial charge in [0.1, 0.15) is 18.1 Å². The van der Waals surface area contributed by atoms with Crippen LogP contribution in [0.15, 0.2) is 0 Å². The van der Waals surface area contributed by atoms with Crippen molar-refractivity contribution in [2.75, 3.05) is 17.8 Å². The molecule has 0 aromatic rings. The number of thiol groups is 1. The molecule has 0 aliphatic heterocycles. The molecule has 9 nitrogen and oxygen atoms in total. The molecule has 0 aliphatic rings. The molecule has 0 heterocycles. The van der Waals surface area contributed by atoms with E-state index in [-0.39, 0.29) is 24.0 Å². The molecule has 5 unspecified atom stereocenters. The van der Waals surface area contributed by atoms with Crippen LogP contribution in [0.3, 0.4) is 0 Å². The van der Waals surface area contributed by atoms with Gasteiger partial charge >= 0.3 is 5.97 Å². The molecule has 0 radical (unpaired) electrons. The highest BCUT2D eigenvalue weighted by Gasteiger charge is 2.32. The Morgan fingerprint density at radius 3 is 2.03 bits per heavy atom. The highest BCUT2D eigenvalue weighted by Crippen LogP contribution is 2.12. The Morgan fingerprint density at radius 1 is 1.00 bits per heavy atom. The lowest BCUT2D eigenvalue weighted by Crippen LogP contribution is -2.59. The monoisotopic (exact) mass is 478 g/mol. The van der Waals surface area contributed by atoms with E-state index in [1.165, 1.54) is 11.8 Å². The van der Waals surface area contributed by atoms with E-state index < -0.39 is 47.9 Å². The highest BCUT2D eigenvalue weighted by molar-refractivity contribution is 7.98. The van der Waals surface area contributed by atoms with Crippen molar-refractivity contribution in [1.29, 1.82) is 0 Å². The summed E-state index contributed by atoms with van der Waals surface area (Å²) in [5, 5.41) is 17.3. The van der Waals surface area contributed by atoms with Gasteiger partial charge in [0.2, 0.25) is 17.7 Å². The zero-order valence-corrected chi connectivity index (χ0v) is 20.7. The SMILES string of the molecule is CCC(C)C(NC(=O)C(N)CS)C(=O)NC(CC(C)C)C(=O)NC(CCSC)C(=O)O. The summed E-state index contributed by atoms with van der Waals surface area (Å²) in [6.45, 7) is 7.50. The maximum Gasteiger partial charge on any atom is 0.326 e. The van der Waals surface area contributed by atoms with Crippen LogP contribution < -0.4 is 21.7 Å². The lowest BCUT2D eigenvalue weighted by Gasteiger charge is -2.28. The van der Waals surface area contributed by atoms with Gasteiger partial charge in [0, 0.05) is 5.75 Å². The van der Waals surface area contributed by atoms with Gasteiger partial charge in [0.25, 0.3) is 0 Å². The lowest BCUT2D eigenvalue weighted by atomic mass is 9.96. The van der Waals surface area contributed by atoms with E-state index in [0.29, 0.717) is 18.6 Å². The fourth-order valence-corrected chi connectivity index (χ4v) is 3.41. The molecular formula is C20H38N4O5S2. The molecule has 0 saturated heterocycles. The zero-order chi connectivity index (χ0) is 24.1. The molecule has 0 rings (SSSR count). The number of aliphatic carboxylic acids is 1. The van der Waals surface area contributed by atoms with Crippen LogP contribution in [-0.2, 0) is 19.2 Å². The number of carboxylic acid groups (broad SMARTS) is 1. The molecular weight excluding hydrogens is 440 g/mol. The van der Waals surface area contributed by atoms with Crippen molar-refractivity contribution < 1.29 is 24.3 Å². The van der Waals surface area contributed by atoms with Gasteiger partial charge in [0.15, 0.2) is 0 Å². The average Bonchev–Trinajstić information content (AvgIpc) is 2.71. The normalized spacial score (nSPS) is 16.0. The molecule has 180 valence electrons. The Hall–Kier alpha value is -1.46. The minimum Gasteiger partial charge on any atom is -0.480 e. The molecule has 11 heteroatoms. The summed E-state index contributed by atoms with van der Waals surface area (Å²) in [5.41, 5.74) is 5.70. The Labute approximate surface area is 194 Å². The quantitative estimate of drug-likeness (QED) is 0.189. The highest BCUT2D eigenvalue weighted by atomic mass is 32.2. The van der Waals surface area contributed by atoms with Crippen LogP contribution in [0.25, 0.3) is 0 Å². The van der Waals surface area contributed by atoms with E-state index in [9.17, 15) is 24.3 Å².